The number of oxime groups is 1. The molecule has 63 heavy (non-hydrogen) atoms. The maximum atomic E-state index is 14.4. The van der Waals surface area contributed by atoms with Crippen LogP contribution in [-0.4, -0.2) is 72.0 Å². The Kier molecular flexibility index (Phi) is 18.7. The van der Waals surface area contributed by atoms with Crippen molar-refractivity contribution >= 4 is 11.6 Å². The van der Waals surface area contributed by atoms with Crippen LogP contribution in [0, 0.1) is 17.8 Å². The lowest BCUT2D eigenvalue weighted by atomic mass is 9.55. The number of aliphatic hydroxyl groups excluding tert-OH is 2. The number of likely N-dealkylation sites (N-methyl/N-ethyl adjacent to an activating group) is 1. The SMILES string of the molecule is C=CCO[C@@]12Oc3ccc(Oc4ccc(-c5ccccc5)cc4)cc3[C@H]3[C@H](CCCCO)[C@@H](CCCCO)C=C(C(=NOCC)C[C@@H]1N(C)C(=O)CCCCCCCCCCC)[C@H]32. The minimum atomic E-state index is -1.26. The molecule has 0 radical (unpaired) electrons. The summed E-state index contributed by atoms with van der Waals surface area (Å²) in [5.74, 6) is 0.782. The number of aliphatic hydroxyl groups is 2. The Morgan fingerprint density at radius 2 is 1.51 bits per heavy atom. The van der Waals surface area contributed by atoms with Crippen LogP contribution in [0.2, 0.25) is 0 Å². The number of unbranched alkanes of at least 4 members (excludes halogenated alkanes) is 10. The zero-order valence-electron chi connectivity index (χ0n) is 38.4. The molecule has 0 saturated heterocycles. The van der Waals surface area contributed by atoms with Gasteiger partial charge in [-0.05, 0) is 97.9 Å². The third-order valence-corrected chi connectivity index (χ3v) is 13.5. The Bertz CT molecular complexity index is 1930. The van der Waals surface area contributed by atoms with Gasteiger partial charge in [0.05, 0.1) is 18.2 Å². The van der Waals surface area contributed by atoms with Crippen molar-refractivity contribution in [1.29, 1.82) is 0 Å². The van der Waals surface area contributed by atoms with Crippen molar-refractivity contribution in [3.05, 3.63) is 103 Å². The fourth-order valence-corrected chi connectivity index (χ4v) is 10.4. The van der Waals surface area contributed by atoms with Gasteiger partial charge in [0.15, 0.2) is 0 Å². The van der Waals surface area contributed by atoms with Crippen LogP contribution in [0.3, 0.4) is 0 Å². The highest BCUT2D eigenvalue weighted by atomic mass is 16.7. The molecular weight excluding hydrogens is 789 g/mol. The molecule has 6 atom stereocenters. The number of benzene rings is 3. The summed E-state index contributed by atoms with van der Waals surface area (Å²) in [7, 11) is 1.90. The number of fused-ring (bicyclic) bond motifs is 2. The minimum absolute atomic E-state index is 0.0675. The molecule has 1 aliphatic heterocycles. The number of carbonyl (C=O) groups excluding carboxylic acids is 1. The second kappa shape index (κ2) is 24.6. The summed E-state index contributed by atoms with van der Waals surface area (Å²) in [6.07, 6.45) is 20.6. The lowest BCUT2D eigenvalue weighted by Gasteiger charge is -2.59. The van der Waals surface area contributed by atoms with Gasteiger partial charge in [-0.15, -0.1) is 6.58 Å². The number of carbonyl (C=O) groups is 1. The van der Waals surface area contributed by atoms with E-state index in [1.807, 2.05) is 61.3 Å². The van der Waals surface area contributed by atoms with Gasteiger partial charge in [0.2, 0.25) is 11.7 Å². The van der Waals surface area contributed by atoms with Gasteiger partial charge in [0.25, 0.3) is 0 Å². The molecule has 2 N–H and O–H groups in total. The van der Waals surface area contributed by atoms with Crippen molar-refractivity contribution < 1.29 is 34.1 Å². The Balaban J connectivity index is 1.39. The van der Waals surface area contributed by atoms with Crippen molar-refractivity contribution in [2.45, 2.75) is 141 Å². The van der Waals surface area contributed by atoms with Crippen LogP contribution in [0.15, 0.2) is 102 Å². The summed E-state index contributed by atoms with van der Waals surface area (Å²) in [5.41, 5.74) is 5.15. The normalized spacial score (nSPS) is 23.0. The summed E-state index contributed by atoms with van der Waals surface area (Å²) in [6, 6.07) is 24.1. The first kappa shape index (κ1) is 48.0. The van der Waals surface area contributed by atoms with Gasteiger partial charge >= 0.3 is 0 Å². The summed E-state index contributed by atoms with van der Waals surface area (Å²) in [4.78, 5) is 22.1. The van der Waals surface area contributed by atoms with Crippen LogP contribution in [0.5, 0.6) is 17.2 Å². The molecule has 1 heterocycles. The van der Waals surface area contributed by atoms with Gasteiger partial charge in [-0.1, -0.05) is 131 Å². The average Bonchev–Trinajstić information content (AvgIpc) is 3.31. The van der Waals surface area contributed by atoms with E-state index in [-0.39, 0.29) is 49.4 Å². The summed E-state index contributed by atoms with van der Waals surface area (Å²) >= 11 is 0. The molecule has 0 aromatic heterocycles. The Morgan fingerprint density at radius 3 is 2.19 bits per heavy atom. The van der Waals surface area contributed by atoms with E-state index in [4.69, 9.17) is 24.2 Å². The molecule has 0 spiro atoms. The average molecular weight is 863 g/mol. The Labute approximate surface area is 377 Å². The van der Waals surface area contributed by atoms with E-state index in [0.717, 1.165) is 85.1 Å². The van der Waals surface area contributed by atoms with Crippen LogP contribution in [0.25, 0.3) is 11.1 Å². The van der Waals surface area contributed by atoms with E-state index >= 15 is 0 Å². The first-order valence-corrected chi connectivity index (χ1v) is 24.2. The maximum Gasteiger partial charge on any atom is 0.239 e. The molecule has 3 aromatic carbocycles. The van der Waals surface area contributed by atoms with Gasteiger partial charge in [-0.3, -0.25) is 4.79 Å². The van der Waals surface area contributed by atoms with Gasteiger partial charge in [-0.2, -0.15) is 0 Å². The third kappa shape index (κ3) is 12.0. The lowest BCUT2D eigenvalue weighted by molar-refractivity contribution is -0.255. The first-order valence-electron chi connectivity index (χ1n) is 24.2. The topological polar surface area (TPSA) is 110 Å². The summed E-state index contributed by atoms with van der Waals surface area (Å²) in [6.45, 7) is 9.16. The molecule has 6 rings (SSSR count). The zero-order valence-corrected chi connectivity index (χ0v) is 38.4. The summed E-state index contributed by atoms with van der Waals surface area (Å²) < 4.78 is 21.0. The quantitative estimate of drug-likeness (QED) is 0.0446. The van der Waals surface area contributed by atoms with E-state index < -0.39 is 11.8 Å². The molecule has 1 saturated carbocycles. The molecule has 9 nitrogen and oxygen atoms in total. The first-order chi connectivity index (χ1) is 30.9. The van der Waals surface area contributed by atoms with Crippen LogP contribution in [-0.2, 0) is 14.4 Å². The second-order valence-corrected chi connectivity index (χ2v) is 17.8. The number of allylic oxidation sites excluding steroid dienone is 1. The highest BCUT2D eigenvalue weighted by Gasteiger charge is 2.65. The van der Waals surface area contributed by atoms with Crippen molar-refractivity contribution in [1.82, 2.24) is 4.90 Å². The molecule has 342 valence electrons. The third-order valence-electron chi connectivity index (χ3n) is 13.5. The van der Waals surface area contributed by atoms with Crippen LogP contribution < -0.4 is 9.47 Å². The van der Waals surface area contributed by atoms with E-state index in [0.29, 0.717) is 37.4 Å². The lowest BCUT2D eigenvalue weighted by Crippen LogP contribution is -2.69. The van der Waals surface area contributed by atoms with E-state index in [2.05, 4.69) is 49.9 Å². The Morgan fingerprint density at radius 1 is 0.841 bits per heavy atom. The van der Waals surface area contributed by atoms with Crippen molar-refractivity contribution in [2.24, 2.45) is 22.9 Å². The molecule has 0 bridgehead atoms. The molecule has 2 aliphatic carbocycles. The monoisotopic (exact) mass is 863 g/mol. The molecular formula is C54H74N2O7. The zero-order chi connectivity index (χ0) is 44.4. The number of rotatable bonds is 27. The fraction of sp³-hybridized carbons (Fsp3) is 0.556. The molecule has 3 aromatic rings. The van der Waals surface area contributed by atoms with E-state index in [1.54, 1.807) is 6.08 Å². The fourth-order valence-electron chi connectivity index (χ4n) is 10.4. The molecule has 1 fully saturated rings. The van der Waals surface area contributed by atoms with Gasteiger partial charge in [0.1, 0.15) is 29.9 Å². The number of nitrogens with zero attached hydrogens (tertiary/aromatic N) is 2. The van der Waals surface area contributed by atoms with Crippen LogP contribution in [0.1, 0.15) is 134 Å². The number of hydrogen-bond donors (Lipinski definition) is 2. The van der Waals surface area contributed by atoms with Crippen LogP contribution >= 0.6 is 0 Å². The van der Waals surface area contributed by atoms with E-state index in [1.165, 1.54) is 38.5 Å². The van der Waals surface area contributed by atoms with E-state index in [9.17, 15) is 15.0 Å². The minimum Gasteiger partial charge on any atom is -0.459 e. The van der Waals surface area contributed by atoms with Crippen LogP contribution in [0.4, 0.5) is 0 Å². The highest BCUT2D eigenvalue weighted by molar-refractivity contribution is 6.03. The molecule has 1 amide bonds. The molecule has 0 unspecified atom stereocenters. The van der Waals surface area contributed by atoms with Crippen molar-refractivity contribution in [3.63, 3.8) is 0 Å². The van der Waals surface area contributed by atoms with Crippen molar-refractivity contribution in [3.8, 4) is 28.4 Å². The second-order valence-electron chi connectivity index (χ2n) is 17.8. The molecule has 3 aliphatic rings. The summed E-state index contributed by atoms with van der Waals surface area (Å²) in [5, 5.41) is 24.7. The molecule has 9 heteroatoms. The predicted octanol–water partition coefficient (Wildman–Crippen LogP) is 12.2. The number of ether oxygens (including phenoxy) is 3. The maximum absolute atomic E-state index is 14.4. The van der Waals surface area contributed by atoms with Gasteiger partial charge < -0.3 is 34.2 Å². The van der Waals surface area contributed by atoms with Crippen molar-refractivity contribution in [2.75, 3.05) is 33.5 Å². The highest BCUT2D eigenvalue weighted by Crippen LogP contribution is 2.62. The predicted molar refractivity (Wildman–Crippen MR) is 253 cm³/mol. The standard InChI is InChI=1S/C54H74N2O7/c1-5-8-9-10-11-12-13-14-18-27-51(59)56(4)50-39-48(55-61-7-3)46-37-42(25-19-21-34-57)45(26-20-22-35-58)52-47-38-44(32-33-49(47)63-54(50,53(46)52)60-36-6-2)62-43-30-28-41(29-31-43)40-23-16-15-17-24-40/h6,15-17,23-24,28-33,37-38,42,45,50,52-53,57-58H,2,5,7-14,18-22,25-27,34-36,39H2,1,3-4H3/t42-,45+,50-,52+,53+,54+/m0/s1. The van der Waals surface area contributed by atoms with Gasteiger partial charge in [0, 0.05) is 44.6 Å². The Hall–Kier alpha value is -4.44. The largest absolute Gasteiger partial charge is 0.459 e. The van der Waals surface area contributed by atoms with Gasteiger partial charge in [-0.25, -0.2) is 0 Å². The smallest absolute Gasteiger partial charge is 0.239 e. The number of hydrogen-bond acceptors (Lipinski definition) is 8. The number of amides is 1.